The predicted molar refractivity (Wildman–Crippen MR) is 109 cm³/mol. The van der Waals surface area contributed by atoms with Crippen molar-refractivity contribution in [3.63, 3.8) is 0 Å². The highest BCUT2D eigenvalue weighted by atomic mass is 79.9. The molecule has 27 heavy (non-hydrogen) atoms. The molecule has 0 aromatic carbocycles. The molecule has 2 saturated carbocycles. The van der Waals surface area contributed by atoms with Crippen LogP contribution in [0.5, 0.6) is 0 Å². The molecular formula is C22H26BrN3O. The molecule has 1 aromatic heterocycles. The highest BCUT2D eigenvalue weighted by Crippen LogP contribution is 2.46. The quantitative estimate of drug-likeness (QED) is 0.680. The molecule has 1 unspecified atom stereocenters. The van der Waals surface area contributed by atoms with E-state index >= 15 is 0 Å². The van der Waals surface area contributed by atoms with Crippen LogP contribution in [-0.2, 0) is 0 Å². The Bertz CT molecular complexity index is 784. The third kappa shape index (κ3) is 3.77. The number of pyridine rings is 1. The molecule has 0 spiro atoms. The average Bonchev–Trinajstić information content (AvgIpc) is 3.60. The van der Waals surface area contributed by atoms with Crippen LogP contribution < -0.4 is 0 Å². The van der Waals surface area contributed by atoms with E-state index in [4.69, 9.17) is 0 Å². The second kappa shape index (κ2) is 7.17. The molecule has 1 amide bonds. The fraction of sp³-hybridized carbons (Fsp3) is 0.545. The number of aromatic nitrogens is 1. The molecule has 1 atom stereocenters. The molecule has 142 valence electrons. The van der Waals surface area contributed by atoms with Crippen LogP contribution >= 0.6 is 15.9 Å². The zero-order valence-electron chi connectivity index (χ0n) is 15.6. The maximum atomic E-state index is 12.7. The molecule has 4 aliphatic rings. The number of hydrogen-bond donors (Lipinski definition) is 0. The summed E-state index contributed by atoms with van der Waals surface area (Å²) in [7, 11) is 0. The summed E-state index contributed by atoms with van der Waals surface area (Å²) >= 11 is 3.33. The van der Waals surface area contributed by atoms with Gasteiger partial charge in [0.25, 0.3) is 5.91 Å². The zero-order chi connectivity index (χ0) is 18.4. The summed E-state index contributed by atoms with van der Waals surface area (Å²) in [5.41, 5.74) is 3.99. The minimum atomic E-state index is 0.104. The number of halogens is 1. The first-order valence-corrected chi connectivity index (χ1v) is 11.0. The van der Waals surface area contributed by atoms with E-state index in [0.29, 0.717) is 11.6 Å². The fourth-order valence-electron chi connectivity index (χ4n) is 4.52. The van der Waals surface area contributed by atoms with Crippen molar-refractivity contribution in [1.29, 1.82) is 0 Å². The largest absolute Gasteiger partial charge is 0.336 e. The summed E-state index contributed by atoms with van der Waals surface area (Å²) in [4.78, 5) is 21.5. The number of hydrogen-bond acceptors (Lipinski definition) is 3. The average molecular weight is 428 g/mol. The van der Waals surface area contributed by atoms with Gasteiger partial charge in [-0.3, -0.25) is 9.69 Å². The second-order valence-electron chi connectivity index (χ2n) is 8.35. The third-order valence-corrected chi connectivity index (χ3v) is 6.88. The summed E-state index contributed by atoms with van der Waals surface area (Å²) in [5, 5.41) is 0. The van der Waals surface area contributed by atoms with Gasteiger partial charge < -0.3 is 4.90 Å². The summed E-state index contributed by atoms with van der Waals surface area (Å²) in [6.45, 7) is 3.55. The van der Waals surface area contributed by atoms with Gasteiger partial charge in [0.2, 0.25) is 0 Å². The number of carbonyl (C=O) groups excluding carboxylic acids is 1. The SMILES string of the molecule is O=C(c1ccc(Br)nc1)N1CCN(C2CC=C(C3CC3)C=C2C2CC2)CC1. The van der Waals surface area contributed by atoms with Crippen LogP contribution in [0.4, 0.5) is 0 Å². The lowest BCUT2D eigenvalue weighted by Crippen LogP contribution is -2.52. The predicted octanol–water partition coefficient (Wildman–Crippen LogP) is 4.05. The van der Waals surface area contributed by atoms with Crippen LogP contribution in [-0.4, -0.2) is 52.9 Å². The van der Waals surface area contributed by atoms with Crippen molar-refractivity contribution >= 4 is 21.8 Å². The van der Waals surface area contributed by atoms with E-state index in [-0.39, 0.29) is 5.91 Å². The summed E-state index contributed by atoms with van der Waals surface area (Å²) in [6, 6.07) is 4.25. The van der Waals surface area contributed by atoms with Crippen LogP contribution in [0, 0.1) is 11.8 Å². The smallest absolute Gasteiger partial charge is 0.255 e. The first-order chi connectivity index (χ1) is 13.2. The van der Waals surface area contributed by atoms with E-state index in [1.54, 1.807) is 17.3 Å². The van der Waals surface area contributed by atoms with Crippen LogP contribution in [0.25, 0.3) is 0 Å². The minimum Gasteiger partial charge on any atom is -0.336 e. The third-order valence-electron chi connectivity index (χ3n) is 6.41. The topological polar surface area (TPSA) is 36.4 Å². The molecule has 3 fully saturated rings. The van der Waals surface area contributed by atoms with Gasteiger partial charge in [-0.25, -0.2) is 4.98 Å². The van der Waals surface area contributed by atoms with Gasteiger partial charge >= 0.3 is 0 Å². The van der Waals surface area contributed by atoms with Gasteiger partial charge in [0.05, 0.1) is 5.56 Å². The Balaban J connectivity index is 1.23. The Kier molecular flexibility index (Phi) is 4.68. The molecule has 1 saturated heterocycles. The number of piperazine rings is 1. The van der Waals surface area contributed by atoms with Gasteiger partial charge in [0.15, 0.2) is 0 Å². The van der Waals surface area contributed by atoms with Crippen LogP contribution in [0.1, 0.15) is 42.5 Å². The molecule has 1 aromatic rings. The molecule has 2 heterocycles. The van der Waals surface area contributed by atoms with E-state index in [1.165, 1.54) is 32.1 Å². The van der Waals surface area contributed by atoms with E-state index in [0.717, 1.165) is 42.6 Å². The van der Waals surface area contributed by atoms with Gasteiger partial charge in [-0.2, -0.15) is 0 Å². The molecule has 1 aliphatic heterocycles. The van der Waals surface area contributed by atoms with E-state index in [1.807, 2.05) is 17.0 Å². The molecule has 0 radical (unpaired) electrons. The maximum absolute atomic E-state index is 12.7. The number of amides is 1. The first kappa shape index (κ1) is 17.6. The van der Waals surface area contributed by atoms with Crippen LogP contribution in [0.3, 0.4) is 0 Å². The highest BCUT2D eigenvalue weighted by Gasteiger charge is 2.38. The van der Waals surface area contributed by atoms with Crippen molar-refractivity contribution in [2.75, 3.05) is 26.2 Å². The van der Waals surface area contributed by atoms with E-state index < -0.39 is 0 Å². The number of rotatable bonds is 4. The normalized spacial score (nSPS) is 26.6. The summed E-state index contributed by atoms with van der Waals surface area (Å²) < 4.78 is 0.763. The van der Waals surface area contributed by atoms with Crippen molar-refractivity contribution in [1.82, 2.24) is 14.8 Å². The van der Waals surface area contributed by atoms with Crippen molar-refractivity contribution in [3.05, 3.63) is 51.8 Å². The minimum absolute atomic E-state index is 0.104. The van der Waals surface area contributed by atoms with E-state index in [2.05, 4.69) is 38.0 Å². The molecule has 0 bridgehead atoms. The Labute approximate surface area is 169 Å². The van der Waals surface area contributed by atoms with E-state index in [9.17, 15) is 4.79 Å². The van der Waals surface area contributed by atoms with Gasteiger partial charge in [-0.05, 0) is 83.1 Å². The molecule has 5 rings (SSSR count). The highest BCUT2D eigenvalue weighted by molar-refractivity contribution is 9.10. The zero-order valence-corrected chi connectivity index (χ0v) is 17.2. The van der Waals surface area contributed by atoms with Crippen molar-refractivity contribution in [2.24, 2.45) is 11.8 Å². The molecule has 0 N–H and O–H groups in total. The Hall–Kier alpha value is -1.46. The molecule has 4 nitrogen and oxygen atoms in total. The maximum Gasteiger partial charge on any atom is 0.255 e. The lowest BCUT2D eigenvalue weighted by molar-refractivity contribution is 0.0592. The Morgan fingerprint density at radius 2 is 1.78 bits per heavy atom. The summed E-state index contributed by atoms with van der Waals surface area (Å²) in [6.07, 6.45) is 13.4. The monoisotopic (exact) mass is 427 g/mol. The molecular weight excluding hydrogens is 402 g/mol. The second-order valence-corrected chi connectivity index (χ2v) is 9.16. The Morgan fingerprint density at radius 1 is 1.04 bits per heavy atom. The number of nitrogens with zero attached hydrogens (tertiary/aromatic N) is 3. The van der Waals surface area contributed by atoms with Gasteiger partial charge in [-0.15, -0.1) is 0 Å². The summed E-state index contributed by atoms with van der Waals surface area (Å²) in [5.74, 6) is 1.78. The van der Waals surface area contributed by atoms with Crippen molar-refractivity contribution < 1.29 is 4.79 Å². The van der Waals surface area contributed by atoms with Crippen LogP contribution in [0.15, 0.2) is 46.2 Å². The fourth-order valence-corrected chi connectivity index (χ4v) is 4.76. The number of carbonyl (C=O) groups is 1. The first-order valence-electron chi connectivity index (χ1n) is 10.3. The van der Waals surface area contributed by atoms with Gasteiger partial charge in [-0.1, -0.05) is 12.2 Å². The van der Waals surface area contributed by atoms with Gasteiger partial charge in [0, 0.05) is 38.4 Å². The van der Waals surface area contributed by atoms with Crippen molar-refractivity contribution in [3.8, 4) is 0 Å². The van der Waals surface area contributed by atoms with Crippen LogP contribution in [0.2, 0.25) is 0 Å². The molecule has 3 aliphatic carbocycles. The number of allylic oxidation sites excluding steroid dienone is 2. The standard InChI is InChI=1S/C22H26BrN3O/c23-21-8-6-18(14-24-21)22(27)26-11-9-25(10-12-26)20-7-5-17(15-1-2-15)13-19(20)16-3-4-16/h5-6,8,13-16,20H,1-4,7,9-12H2. The van der Waals surface area contributed by atoms with Crippen molar-refractivity contribution in [2.45, 2.75) is 38.1 Å². The van der Waals surface area contributed by atoms with Gasteiger partial charge in [0.1, 0.15) is 4.60 Å². The lowest BCUT2D eigenvalue weighted by atomic mass is 9.88. The molecule has 5 heteroatoms. The lowest BCUT2D eigenvalue weighted by Gasteiger charge is -2.41. The Morgan fingerprint density at radius 3 is 2.41 bits per heavy atom.